The lowest BCUT2D eigenvalue weighted by molar-refractivity contribution is -0.128. The van der Waals surface area contributed by atoms with Gasteiger partial charge in [-0.2, -0.15) is 0 Å². The van der Waals surface area contributed by atoms with E-state index in [9.17, 15) is 4.79 Å². The Bertz CT molecular complexity index is 283. The molecule has 2 aliphatic rings. The fourth-order valence-corrected chi connectivity index (χ4v) is 3.32. The summed E-state index contributed by atoms with van der Waals surface area (Å²) in [5.41, 5.74) is 5.80. The lowest BCUT2D eigenvalue weighted by Gasteiger charge is -2.32. The number of nitrogens with two attached hydrogens (primary N) is 1. The van der Waals surface area contributed by atoms with Crippen LogP contribution in [-0.2, 0) is 9.53 Å². The van der Waals surface area contributed by atoms with E-state index in [1.807, 2.05) is 0 Å². The summed E-state index contributed by atoms with van der Waals surface area (Å²) in [6.45, 7) is 3.49. The highest BCUT2D eigenvalue weighted by atomic mass is 16.5. The molecule has 0 aromatic heterocycles. The van der Waals surface area contributed by atoms with Crippen molar-refractivity contribution >= 4 is 5.91 Å². The van der Waals surface area contributed by atoms with Gasteiger partial charge in [-0.3, -0.25) is 4.79 Å². The van der Waals surface area contributed by atoms with Gasteiger partial charge in [0, 0.05) is 12.6 Å². The van der Waals surface area contributed by atoms with Crippen LogP contribution in [0.15, 0.2) is 0 Å². The van der Waals surface area contributed by atoms with Crippen LogP contribution in [0.5, 0.6) is 0 Å². The van der Waals surface area contributed by atoms with Crippen LogP contribution < -0.4 is 11.1 Å². The molecular weight excluding hydrogens is 228 g/mol. The van der Waals surface area contributed by atoms with Gasteiger partial charge in [-0.25, -0.2) is 0 Å². The van der Waals surface area contributed by atoms with Crippen molar-refractivity contribution < 1.29 is 9.53 Å². The molecule has 4 nitrogen and oxygen atoms in total. The fourth-order valence-electron chi connectivity index (χ4n) is 3.32. The molecule has 0 radical (unpaired) electrons. The standard InChI is InChI=1S/C14H26N2O2/c1-2-13-11(7-8-18-13)14(17)16-12-6-4-3-5-10(12)9-15/h10-13H,2-9,15H2,1H3,(H,16,17). The van der Waals surface area contributed by atoms with E-state index in [1.54, 1.807) is 0 Å². The van der Waals surface area contributed by atoms with Crippen molar-refractivity contribution in [1.82, 2.24) is 5.32 Å². The summed E-state index contributed by atoms with van der Waals surface area (Å²) in [5.74, 6) is 0.699. The molecule has 0 aromatic rings. The topological polar surface area (TPSA) is 64.3 Å². The van der Waals surface area contributed by atoms with Gasteiger partial charge in [-0.1, -0.05) is 19.8 Å². The maximum absolute atomic E-state index is 12.3. The third-order valence-corrected chi connectivity index (χ3v) is 4.49. The van der Waals surface area contributed by atoms with E-state index in [-0.39, 0.29) is 24.0 Å². The van der Waals surface area contributed by atoms with E-state index < -0.39 is 0 Å². The van der Waals surface area contributed by atoms with Crippen LogP contribution in [0.25, 0.3) is 0 Å². The van der Waals surface area contributed by atoms with Crippen molar-refractivity contribution in [2.75, 3.05) is 13.2 Å². The lowest BCUT2D eigenvalue weighted by atomic mass is 9.84. The van der Waals surface area contributed by atoms with Crippen molar-refractivity contribution in [3.8, 4) is 0 Å². The van der Waals surface area contributed by atoms with E-state index in [0.29, 0.717) is 12.5 Å². The Morgan fingerprint density at radius 2 is 2.11 bits per heavy atom. The molecule has 1 aliphatic carbocycles. The van der Waals surface area contributed by atoms with E-state index in [0.717, 1.165) is 32.3 Å². The summed E-state index contributed by atoms with van der Waals surface area (Å²) in [6, 6.07) is 0.286. The maximum Gasteiger partial charge on any atom is 0.226 e. The van der Waals surface area contributed by atoms with Gasteiger partial charge in [0.25, 0.3) is 0 Å². The molecule has 1 saturated carbocycles. The summed E-state index contributed by atoms with van der Waals surface area (Å²) in [6.07, 6.45) is 6.59. The average molecular weight is 254 g/mol. The second-order valence-electron chi connectivity index (χ2n) is 5.61. The van der Waals surface area contributed by atoms with Crippen molar-refractivity contribution in [2.45, 2.75) is 57.6 Å². The Labute approximate surface area is 110 Å². The lowest BCUT2D eigenvalue weighted by Crippen LogP contribution is -2.47. The molecule has 1 heterocycles. The number of carbonyl (C=O) groups excluding carboxylic acids is 1. The van der Waals surface area contributed by atoms with E-state index >= 15 is 0 Å². The molecule has 18 heavy (non-hydrogen) atoms. The van der Waals surface area contributed by atoms with Gasteiger partial charge in [0.05, 0.1) is 12.0 Å². The van der Waals surface area contributed by atoms with Crippen LogP contribution in [0.4, 0.5) is 0 Å². The molecule has 104 valence electrons. The van der Waals surface area contributed by atoms with Gasteiger partial charge in [0.15, 0.2) is 0 Å². The third-order valence-electron chi connectivity index (χ3n) is 4.49. The first-order chi connectivity index (χ1) is 8.76. The highest BCUT2D eigenvalue weighted by molar-refractivity contribution is 5.79. The van der Waals surface area contributed by atoms with Gasteiger partial charge in [0.2, 0.25) is 5.91 Å². The molecule has 4 atom stereocenters. The van der Waals surface area contributed by atoms with Crippen LogP contribution >= 0.6 is 0 Å². The molecule has 4 heteroatoms. The van der Waals surface area contributed by atoms with Gasteiger partial charge < -0.3 is 15.8 Å². The monoisotopic (exact) mass is 254 g/mol. The van der Waals surface area contributed by atoms with Crippen LogP contribution in [-0.4, -0.2) is 31.2 Å². The highest BCUT2D eigenvalue weighted by Crippen LogP contribution is 2.27. The number of hydrogen-bond acceptors (Lipinski definition) is 3. The Balaban J connectivity index is 1.89. The van der Waals surface area contributed by atoms with Gasteiger partial charge in [-0.05, 0) is 38.1 Å². The first kappa shape index (κ1) is 13.8. The molecular formula is C14H26N2O2. The number of ether oxygens (including phenoxy) is 1. The molecule has 4 unspecified atom stereocenters. The minimum Gasteiger partial charge on any atom is -0.377 e. The van der Waals surface area contributed by atoms with Crippen LogP contribution in [0.1, 0.15) is 45.4 Å². The van der Waals surface area contributed by atoms with Gasteiger partial charge >= 0.3 is 0 Å². The molecule has 1 saturated heterocycles. The third kappa shape index (κ3) is 3.04. The number of nitrogens with one attached hydrogen (secondary N) is 1. The van der Waals surface area contributed by atoms with E-state index in [2.05, 4.69) is 12.2 Å². The van der Waals surface area contributed by atoms with E-state index in [4.69, 9.17) is 10.5 Å². The number of amides is 1. The second-order valence-corrected chi connectivity index (χ2v) is 5.61. The smallest absolute Gasteiger partial charge is 0.226 e. The van der Waals surface area contributed by atoms with Gasteiger partial charge in [-0.15, -0.1) is 0 Å². The molecule has 1 aliphatic heterocycles. The Morgan fingerprint density at radius 1 is 1.33 bits per heavy atom. The first-order valence-corrected chi connectivity index (χ1v) is 7.38. The van der Waals surface area contributed by atoms with Crippen LogP contribution in [0.3, 0.4) is 0 Å². The van der Waals surface area contributed by atoms with Gasteiger partial charge in [0.1, 0.15) is 0 Å². The predicted octanol–water partition coefficient (Wildman–Crippen LogP) is 1.44. The summed E-state index contributed by atoms with van der Waals surface area (Å²) in [7, 11) is 0. The molecule has 3 N–H and O–H groups in total. The Morgan fingerprint density at radius 3 is 2.83 bits per heavy atom. The Hall–Kier alpha value is -0.610. The highest BCUT2D eigenvalue weighted by Gasteiger charge is 2.35. The average Bonchev–Trinajstić information content (AvgIpc) is 2.87. The second kappa shape index (κ2) is 6.53. The zero-order valence-corrected chi connectivity index (χ0v) is 11.4. The minimum atomic E-state index is 0.0513. The number of rotatable bonds is 4. The summed E-state index contributed by atoms with van der Waals surface area (Å²) < 4.78 is 5.59. The fraction of sp³-hybridized carbons (Fsp3) is 0.929. The molecule has 2 rings (SSSR count). The van der Waals surface area contributed by atoms with Crippen molar-refractivity contribution in [3.63, 3.8) is 0 Å². The van der Waals surface area contributed by atoms with E-state index in [1.165, 1.54) is 12.8 Å². The minimum absolute atomic E-state index is 0.0513. The summed E-state index contributed by atoms with van der Waals surface area (Å²) >= 11 is 0. The Kier molecular flexibility index (Phi) is 5.01. The first-order valence-electron chi connectivity index (χ1n) is 7.38. The van der Waals surface area contributed by atoms with Crippen molar-refractivity contribution in [3.05, 3.63) is 0 Å². The normalized spacial score (nSPS) is 36.6. The van der Waals surface area contributed by atoms with Crippen LogP contribution in [0, 0.1) is 11.8 Å². The molecule has 1 amide bonds. The maximum atomic E-state index is 12.3. The quantitative estimate of drug-likeness (QED) is 0.798. The van der Waals surface area contributed by atoms with Crippen molar-refractivity contribution in [2.24, 2.45) is 17.6 Å². The zero-order chi connectivity index (χ0) is 13.0. The molecule has 0 spiro atoms. The molecule has 0 aromatic carbocycles. The summed E-state index contributed by atoms with van der Waals surface area (Å²) in [5, 5.41) is 3.23. The summed E-state index contributed by atoms with van der Waals surface area (Å²) in [4.78, 5) is 12.3. The SMILES string of the molecule is CCC1OCCC1C(=O)NC1CCCCC1CN. The zero-order valence-electron chi connectivity index (χ0n) is 11.4. The molecule has 2 fully saturated rings. The largest absolute Gasteiger partial charge is 0.377 e. The number of hydrogen-bond donors (Lipinski definition) is 2. The number of carbonyl (C=O) groups is 1. The van der Waals surface area contributed by atoms with Crippen LogP contribution in [0.2, 0.25) is 0 Å². The predicted molar refractivity (Wildman–Crippen MR) is 71.1 cm³/mol. The van der Waals surface area contributed by atoms with Crippen molar-refractivity contribution in [1.29, 1.82) is 0 Å². The molecule has 0 bridgehead atoms.